The Labute approximate surface area is 114 Å². The molecule has 0 saturated carbocycles. The van der Waals surface area contributed by atoms with Crippen molar-refractivity contribution in [2.24, 2.45) is 0 Å². The average Bonchev–Trinajstić information content (AvgIpc) is 2.38. The zero-order valence-electron chi connectivity index (χ0n) is 11.1. The molecule has 6 heteroatoms. The van der Waals surface area contributed by atoms with E-state index >= 15 is 0 Å². The van der Waals surface area contributed by atoms with Crippen LogP contribution in [0.3, 0.4) is 0 Å². The predicted molar refractivity (Wildman–Crippen MR) is 75.3 cm³/mol. The van der Waals surface area contributed by atoms with Gasteiger partial charge in [-0.25, -0.2) is 8.42 Å². The monoisotopic (exact) mass is 282 g/mol. The van der Waals surface area contributed by atoms with Gasteiger partial charge in [0.2, 0.25) is 10.0 Å². The molecule has 1 aromatic rings. The molecule has 0 aliphatic rings. The molecule has 0 aliphatic heterocycles. The normalized spacial score (nSPS) is 11.3. The van der Waals surface area contributed by atoms with Crippen LogP contribution in [0.5, 0.6) is 5.75 Å². The molecule has 0 aliphatic carbocycles. The van der Waals surface area contributed by atoms with Crippen molar-refractivity contribution in [2.45, 2.75) is 18.2 Å². The Hall–Kier alpha value is -1.71. The fourth-order valence-corrected chi connectivity index (χ4v) is 3.21. The maximum atomic E-state index is 12.4. The first kappa shape index (κ1) is 15.3. The summed E-state index contributed by atoms with van der Waals surface area (Å²) in [5.74, 6) is 2.86. The minimum Gasteiger partial charge on any atom is -0.497 e. The maximum absolute atomic E-state index is 12.4. The van der Waals surface area contributed by atoms with Gasteiger partial charge in [0.15, 0.2) is 0 Å². The number of benzene rings is 1. The van der Waals surface area contributed by atoms with E-state index in [2.05, 4.69) is 5.92 Å². The maximum Gasteiger partial charge on any atom is 0.245 e. The lowest BCUT2D eigenvalue weighted by atomic mass is 10.3. The molecule has 104 valence electrons. The minimum atomic E-state index is -3.67. The summed E-state index contributed by atoms with van der Waals surface area (Å²) in [6.45, 7) is 2.27. The number of sulfonamides is 1. The predicted octanol–water partition coefficient (Wildman–Crippen LogP) is 1.31. The smallest absolute Gasteiger partial charge is 0.245 e. The Morgan fingerprint density at radius 1 is 1.47 bits per heavy atom. The number of nitrogen functional groups attached to an aromatic ring is 1. The summed E-state index contributed by atoms with van der Waals surface area (Å²) in [6, 6.07) is 4.47. The molecule has 0 heterocycles. The van der Waals surface area contributed by atoms with Gasteiger partial charge in [-0.3, -0.25) is 0 Å². The van der Waals surface area contributed by atoms with Crippen molar-refractivity contribution in [3.05, 3.63) is 18.2 Å². The van der Waals surface area contributed by atoms with Crippen molar-refractivity contribution in [1.29, 1.82) is 0 Å². The van der Waals surface area contributed by atoms with Crippen LogP contribution in [0.4, 0.5) is 5.69 Å². The molecule has 1 aromatic carbocycles. The van der Waals surface area contributed by atoms with Gasteiger partial charge in [-0.15, -0.1) is 6.42 Å². The number of terminal acetylenes is 1. The first-order valence-electron chi connectivity index (χ1n) is 5.84. The quantitative estimate of drug-likeness (QED) is 0.631. The second-order valence-electron chi connectivity index (χ2n) is 3.95. The zero-order chi connectivity index (χ0) is 14.5. The number of rotatable bonds is 6. The van der Waals surface area contributed by atoms with E-state index in [1.165, 1.54) is 23.5 Å². The van der Waals surface area contributed by atoms with E-state index in [0.29, 0.717) is 18.7 Å². The first-order chi connectivity index (χ1) is 8.97. The van der Waals surface area contributed by atoms with E-state index < -0.39 is 10.0 Å². The summed E-state index contributed by atoms with van der Waals surface area (Å²) < 4.78 is 31.1. The van der Waals surface area contributed by atoms with E-state index in [-0.39, 0.29) is 17.1 Å². The van der Waals surface area contributed by atoms with Gasteiger partial charge in [0.25, 0.3) is 0 Å². The van der Waals surface area contributed by atoms with Crippen LogP contribution >= 0.6 is 0 Å². The van der Waals surface area contributed by atoms with Crippen LogP contribution in [0.25, 0.3) is 0 Å². The van der Waals surface area contributed by atoms with Crippen molar-refractivity contribution in [3.8, 4) is 18.1 Å². The molecule has 1 rings (SSSR count). The van der Waals surface area contributed by atoms with Gasteiger partial charge in [0.1, 0.15) is 10.6 Å². The highest BCUT2D eigenvalue weighted by molar-refractivity contribution is 7.89. The highest BCUT2D eigenvalue weighted by atomic mass is 32.2. The second-order valence-corrected chi connectivity index (χ2v) is 5.85. The van der Waals surface area contributed by atoms with E-state index in [9.17, 15) is 8.42 Å². The lowest BCUT2D eigenvalue weighted by Gasteiger charge is -2.20. The van der Waals surface area contributed by atoms with Crippen molar-refractivity contribution in [1.82, 2.24) is 4.31 Å². The van der Waals surface area contributed by atoms with Gasteiger partial charge in [-0.1, -0.05) is 12.8 Å². The fraction of sp³-hybridized carbons (Fsp3) is 0.385. The minimum absolute atomic E-state index is 0.0294. The van der Waals surface area contributed by atoms with Crippen molar-refractivity contribution in [3.63, 3.8) is 0 Å². The Balaban J connectivity index is 3.22. The lowest BCUT2D eigenvalue weighted by Crippen LogP contribution is -2.32. The third-order valence-corrected chi connectivity index (χ3v) is 4.49. The molecular weight excluding hydrogens is 264 g/mol. The Bertz CT molecular complexity index is 576. The molecule has 0 atom stereocenters. The van der Waals surface area contributed by atoms with Gasteiger partial charge in [-0.2, -0.15) is 4.31 Å². The van der Waals surface area contributed by atoms with E-state index in [0.717, 1.165) is 0 Å². The summed E-state index contributed by atoms with van der Waals surface area (Å²) in [5.41, 5.74) is 5.93. The zero-order valence-corrected chi connectivity index (χ0v) is 11.9. The summed E-state index contributed by atoms with van der Waals surface area (Å²) in [5, 5.41) is 0. The molecular formula is C13H18N2O3S. The molecule has 0 amide bonds. The number of nitrogens with two attached hydrogens (primary N) is 1. The number of hydrogen-bond donors (Lipinski definition) is 1. The van der Waals surface area contributed by atoms with Gasteiger partial charge in [0, 0.05) is 12.6 Å². The van der Waals surface area contributed by atoms with Crippen LogP contribution < -0.4 is 10.5 Å². The first-order valence-corrected chi connectivity index (χ1v) is 7.28. The number of anilines is 1. The van der Waals surface area contributed by atoms with Crippen LogP contribution in [-0.2, 0) is 10.0 Å². The third kappa shape index (κ3) is 3.40. The number of hydrogen-bond acceptors (Lipinski definition) is 4. The Morgan fingerprint density at radius 3 is 2.63 bits per heavy atom. The van der Waals surface area contributed by atoms with Gasteiger partial charge < -0.3 is 10.5 Å². The van der Waals surface area contributed by atoms with Crippen molar-refractivity contribution >= 4 is 15.7 Å². The SMILES string of the molecule is C#CCN(CCC)S(=O)(=O)c1ccc(OC)cc1N. The summed E-state index contributed by atoms with van der Waals surface area (Å²) in [4.78, 5) is 0.0528. The Morgan fingerprint density at radius 2 is 2.16 bits per heavy atom. The fourth-order valence-electron chi connectivity index (χ4n) is 1.66. The van der Waals surface area contributed by atoms with Crippen LogP contribution in [0.1, 0.15) is 13.3 Å². The molecule has 0 unspecified atom stereocenters. The molecule has 0 bridgehead atoms. The van der Waals surface area contributed by atoms with Crippen LogP contribution in [0.2, 0.25) is 0 Å². The highest BCUT2D eigenvalue weighted by Gasteiger charge is 2.25. The highest BCUT2D eigenvalue weighted by Crippen LogP contribution is 2.26. The number of ether oxygens (including phenoxy) is 1. The van der Waals surface area contributed by atoms with Gasteiger partial charge >= 0.3 is 0 Å². The van der Waals surface area contributed by atoms with E-state index in [1.807, 2.05) is 6.92 Å². The second kappa shape index (κ2) is 6.45. The molecule has 0 fully saturated rings. The van der Waals surface area contributed by atoms with Gasteiger partial charge in [-0.05, 0) is 18.6 Å². The average molecular weight is 282 g/mol. The van der Waals surface area contributed by atoms with Crippen LogP contribution in [0, 0.1) is 12.3 Å². The topological polar surface area (TPSA) is 72.6 Å². The van der Waals surface area contributed by atoms with E-state index in [1.54, 1.807) is 6.07 Å². The summed E-state index contributed by atoms with van der Waals surface area (Å²) in [7, 11) is -2.18. The number of nitrogens with zero attached hydrogens (tertiary/aromatic N) is 1. The third-order valence-electron chi connectivity index (χ3n) is 2.58. The van der Waals surface area contributed by atoms with E-state index in [4.69, 9.17) is 16.9 Å². The van der Waals surface area contributed by atoms with Crippen molar-refractivity contribution < 1.29 is 13.2 Å². The lowest BCUT2D eigenvalue weighted by molar-refractivity contribution is 0.414. The van der Waals surface area contributed by atoms with Crippen LogP contribution in [0.15, 0.2) is 23.1 Å². The largest absolute Gasteiger partial charge is 0.497 e. The number of methoxy groups -OCH3 is 1. The summed E-state index contributed by atoms with van der Waals surface area (Å²) >= 11 is 0. The Kier molecular flexibility index (Phi) is 5.21. The molecule has 0 radical (unpaired) electrons. The van der Waals surface area contributed by atoms with Crippen LogP contribution in [-0.4, -0.2) is 32.9 Å². The molecule has 0 spiro atoms. The van der Waals surface area contributed by atoms with Gasteiger partial charge in [0.05, 0.1) is 19.3 Å². The molecule has 2 N–H and O–H groups in total. The molecule has 0 saturated heterocycles. The standard InChI is InChI=1S/C13H18N2O3S/c1-4-8-15(9-5-2)19(16,17)13-7-6-11(18-3)10-12(13)14/h1,6-7,10H,5,8-9,14H2,2-3H3. The molecule has 0 aromatic heterocycles. The molecule has 5 nitrogen and oxygen atoms in total. The van der Waals surface area contributed by atoms with Crippen molar-refractivity contribution in [2.75, 3.05) is 25.9 Å². The summed E-state index contributed by atoms with van der Waals surface area (Å²) in [6.07, 6.45) is 5.89. The molecule has 19 heavy (non-hydrogen) atoms.